The van der Waals surface area contributed by atoms with Gasteiger partial charge in [0.1, 0.15) is 10.8 Å². The average Bonchev–Trinajstić information content (AvgIpc) is 3.30. The summed E-state index contributed by atoms with van der Waals surface area (Å²) in [6, 6.07) is 6.52. The Morgan fingerprint density at radius 1 is 1.21 bits per heavy atom. The molecule has 0 amide bonds. The molecular weight excluding hydrogens is 424 g/mol. The van der Waals surface area contributed by atoms with Gasteiger partial charge in [0.2, 0.25) is 4.80 Å². The summed E-state index contributed by atoms with van der Waals surface area (Å²) in [6.07, 6.45) is 0. The minimum absolute atomic E-state index is 0.128. The van der Waals surface area contributed by atoms with Crippen LogP contribution in [0.15, 0.2) is 38.3 Å². The first-order chi connectivity index (χ1) is 13.4. The Bertz CT molecular complexity index is 1160. The standard InChI is InChI=1S/C17H18N2O6S3/c1-4-25-15(20)10-19-11-8-12(23-2)13(24-3)9-14(11)27-17(19)18-28(21,22)16-6-5-7-26-16/h5-9H,4,10H2,1-3H3/b18-17-. The first-order valence-electron chi connectivity index (χ1n) is 8.15. The van der Waals surface area contributed by atoms with Crippen molar-refractivity contribution >= 4 is 48.9 Å². The van der Waals surface area contributed by atoms with E-state index < -0.39 is 16.0 Å². The zero-order valence-corrected chi connectivity index (χ0v) is 17.8. The van der Waals surface area contributed by atoms with Crippen molar-refractivity contribution in [2.45, 2.75) is 17.7 Å². The molecule has 3 aromatic rings. The molecule has 0 bridgehead atoms. The fourth-order valence-corrected chi connectivity index (χ4v) is 5.72. The van der Waals surface area contributed by atoms with Crippen LogP contribution in [0.5, 0.6) is 11.5 Å². The van der Waals surface area contributed by atoms with E-state index in [0.717, 1.165) is 22.7 Å². The molecule has 3 rings (SSSR count). The van der Waals surface area contributed by atoms with Gasteiger partial charge in [-0.15, -0.1) is 15.7 Å². The van der Waals surface area contributed by atoms with Gasteiger partial charge in [0.05, 0.1) is 31.0 Å². The number of ether oxygens (including phenoxy) is 3. The van der Waals surface area contributed by atoms with E-state index in [1.54, 1.807) is 30.5 Å². The number of esters is 1. The van der Waals surface area contributed by atoms with Crippen molar-refractivity contribution in [3.63, 3.8) is 0 Å². The second-order valence-corrected chi connectivity index (χ2v) is 9.24. The van der Waals surface area contributed by atoms with E-state index in [-0.39, 0.29) is 22.2 Å². The fraction of sp³-hybridized carbons (Fsp3) is 0.294. The summed E-state index contributed by atoms with van der Waals surface area (Å²) in [5, 5.41) is 1.66. The van der Waals surface area contributed by atoms with Crippen LogP contribution < -0.4 is 14.3 Å². The number of carbonyl (C=O) groups excluding carboxylic acids is 1. The normalized spacial score (nSPS) is 12.3. The van der Waals surface area contributed by atoms with Crippen molar-refractivity contribution in [1.29, 1.82) is 0 Å². The van der Waals surface area contributed by atoms with Crippen LogP contribution in [0, 0.1) is 0 Å². The lowest BCUT2D eigenvalue weighted by molar-refractivity contribution is -0.143. The van der Waals surface area contributed by atoms with Crippen LogP contribution in [-0.2, 0) is 26.1 Å². The third-order valence-electron chi connectivity index (χ3n) is 3.73. The molecule has 0 spiro atoms. The molecule has 0 aliphatic carbocycles. The molecule has 150 valence electrons. The Kier molecular flexibility index (Phi) is 6.06. The van der Waals surface area contributed by atoms with Gasteiger partial charge >= 0.3 is 5.97 Å². The summed E-state index contributed by atoms with van der Waals surface area (Å²) >= 11 is 2.21. The summed E-state index contributed by atoms with van der Waals surface area (Å²) in [4.78, 5) is 12.3. The topological polar surface area (TPSA) is 96.2 Å². The van der Waals surface area contributed by atoms with E-state index >= 15 is 0 Å². The zero-order chi connectivity index (χ0) is 20.3. The molecule has 0 fully saturated rings. The Morgan fingerprint density at radius 3 is 2.54 bits per heavy atom. The predicted molar refractivity (Wildman–Crippen MR) is 107 cm³/mol. The van der Waals surface area contributed by atoms with Crippen LogP contribution in [0.2, 0.25) is 0 Å². The van der Waals surface area contributed by atoms with E-state index in [1.165, 1.54) is 24.9 Å². The maximum atomic E-state index is 12.6. The van der Waals surface area contributed by atoms with Gasteiger partial charge in [-0.1, -0.05) is 17.4 Å². The van der Waals surface area contributed by atoms with Crippen molar-refractivity contribution in [2.75, 3.05) is 20.8 Å². The number of hydrogen-bond acceptors (Lipinski definition) is 8. The first-order valence-corrected chi connectivity index (χ1v) is 11.3. The van der Waals surface area contributed by atoms with Crippen molar-refractivity contribution in [3.8, 4) is 11.5 Å². The van der Waals surface area contributed by atoms with Crippen molar-refractivity contribution in [2.24, 2.45) is 4.40 Å². The number of hydrogen-bond donors (Lipinski definition) is 0. The Balaban J connectivity index is 2.25. The number of methoxy groups -OCH3 is 2. The summed E-state index contributed by atoms with van der Waals surface area (Å²) < 4.78 is 47.2. The lowest BCUT2D eigenvalue weighted by Crippen LogP contribution is -2.23. The summed E-state index contributed by atoms with van der Waals surface area (Å²) in [5.41, 5.74) is 0.593. The summed E-state index contributed by atoms with van der Waals surface area (Å²) in [5.74, 6) is 0.456. The number of carbonyl (C=O) groups is 1. The molecule has 0 N–H and O–H groups in total. The van der Waals surface area contributed by atoms with Crippen molar-refractivity contribution in [3.05, 3.63) is 34.4 Å². The van der Waals surface area contributed by atoms with Gasteiger partial charge in [-0.3, -0.25) is 4.79 Å². The largest absolute Gasteiger partial charge is 0.493 e. The van der Waals surface area contributed by atoms with Crippen LogP contribution in [-0.4, -0.2) is 39.8 Å². The van der Waals surface area contributed by atoms with E-state index in [4.69, 9.17) is 14.2 Å². The van der Waals surface area contributed by atoms with E-state index in [1.807, 2.05) is 0 Å². The number of sulfonamides is 1. The zero-order valence-electron chi connectivity index (χ0n) is 15.4. The highest BCUT2D eigenvalue weighted by Crippen LogP contribution is 2.33. The molecule has 2 aromatic heterocycles. The SMILES string of the molecule is CCOC(=O)Cn1/c(=N/S(=O)(=O)c2cccs2)sc2cc(OC)c(OC)cc21. The monoisotopic (exact) mass is 442 g/mol. The number of thiazole rings is 1. The Hall–Kier alpha value is -2.37. The molecule has 0 unspecified atom stereocenters. The minimum atomic E-state index is -3.90. The first kappa shape index (κ1) is 20.4. The van der Waals surface area contributed by atoms with Crippen LogP contribution >= 0.6 is 22.7 Å². The molecule has 0 atom stereocenters. The van der Waals surface area contributed by atoms with Gasteiger partial charge in [-0.25, -0.2) is 0 Å². The Labute approximate surface area is 169 Å². The summed E-state index contributed by atoms with van der Waals surface area (Å²) in [6.45, 7) is 1.75. The molecule has 11 heteroatoms. The molecule has 2 heterocycles. The van der Waals surface area contributed by atoms with E-state index in [0.29, 0.717) is 21.7 Å². The molecule has 1 aromatic carbocycles. The van der Waals surface area contributed by atoms with Crippen LogP contribution in [0.1, 0.15) is 6.92 Å². The quantitative estimate of drug-likeness (QED) is 0.522. The highest BCUT2D eigenvalue weighted by molar-refractivity contribution is 7.92. The maximum Gasteiger partial charge on any atom is 0.326 e. The summed E-state index contributed by atoms with van der Waals surface area (Å²) in [7, 11) is -0.892. The molecule has 0 aliphatic rings. The highest BCUT2D eigenvalue weighted by Gasteiger charge is 2.19. The second-order valence-electron chi connectivity index (χ2n) is 5.45. The highest BCUT2D eigenvalue weighted by atomic mass is 32.2. The van der Waals surface area contributed by atoms with E-state index in [9.17, 15) is 13.2 Å². The van der Waals surface area contributed by atoms with Gasteiger partial charge in [-0.05, 0) is 18.4 Å². The molecule has 8 nitrogen and oxygen atoms in total. The van der Waals surface area contributed by atoms with Crippen LogP contribution in [0.25, 0.3) is 10.2 Å². The average molecular weight is 443 g/mol. The lowest BCUT2D eigenvalue weighted by Gasteiger charge is -2.09. The Morgan fingerprint density at radius 2 is 1.93 bits per heavy atom. The smallest absolute Gasteiger partial charge is 0.326 e. The lowest BCUT2D eigenvalue weighted by atomic mass is 10.3. The van der Waals surface area contributed by atoms with Crippen LogP contribution in [0.4, 0.5) is 0 Å². The third-order valence-corrected chi connectivity index (χ3v) is 7.52. The number of aromatic nitrogens is 1. The van der Waals surface area contributed by atoms with Crippen molar-refractivity contribution in [1.82, 2.24) is 4.57 Å². The van der Waals surface area contributed by atoms with E-state index in [2.05, 4.69) is 4.40 Å². The van der Waals surface area contributed by atoms with Crippen molar-refractivity contribution < 1.29 is 27.4 Å². The van der Waals surface area contributed by atoms with Gasteiger partial charge in [0, 0.05) is 12.1 Å². The molecule has 0 saturated heterocycles. The molecule has 0 aliphatic heterocycles. The predicted octanol–water partition coefficient (Wildman–Crippen LogP) is 2.63. The van der Waals surface area contributed by atoms with Gasteiger partial charge < -0.3 is 18.8 Å². The van der Waals surface area contributed by atoms with Gasteiger partial charge in [-0.2, -0.15) is 8.42 Å². The molecular formula is C17H18N2O6S3. The maximum absolute atomic E-state index is 12.6. The number of rotatable bonds is 7. The number of benzene rings is 1. The minimum Gasteiger partial charge on any atom is -0.493 e. The molecule has 0 saturated carbocycles. The second kappa shape index (κ2) is 8.33. The molecule has 28 heavy (non-hydrogen) atoms. The van der Waals surface area contributed by atoms with Gasteiger partial charge in [0.15, 0.2) is 11.5 Å². The fourth-order valence-electron chi connectivity index (χ4n) is 2.51. The third kappa shape index (κ3) is 4.05. The molecule has 0 radical (unpaired) electrons. The van der Waals surface area contributed by atoms with Crippen LogP contribution in [0.3, 0.4) is 0 Å². The number of thiophene rings is 1. The van der Waals surface area contributed by atoms with Gasteiger partial charge in [0.25, 0.3) is 10.0 Å². The number of fused-ring (bicyclic) bond motifs is 1. The number of nitrogens with zero attached hydrogens (tertiary/aromatic N) is 2.